The third-order valence-electron chi connectivity index (χ3n) is 4.44. The lowest BCUT2D eigenvalue weighted by atomic mass is 9.98. The average Bonchev–Trinajstić information content (AvgIpc) is 3.01. The molecule has 4 nitrogen and oxygen atoms in total. The number of carbonyl (C=O) groups is 1. The monoisotopic (exact) mass is 325 g/mol. The van der Waals surface area contributed by atoms with Gasteiger partial charge in [0.15, 0.2) is 0 Å². The number of carbonyl (C=O) groups excluding carboxylic acids is 1. The van der Waals surface area contributed by atoms with Crippen LogP contribution in [0.25, 0.3) is 21.1 Å². The zero-order valence-corrected chi connectivity index (χ0v) is 13.7. The van der Waals surface area contributed by atoms with Crippen molar-refractivity contribution in [1.29, 1.82) is 0 Å². The van der Waals surface area contributed by atoms with E-state index in [1.165, 1.54) is 11.3 Å². The second-order valence-electron chi connectivity index (χ2n) is 6.09. The SMILES string of the molecule is O=C(NCC1CCNCC1)c1cc2cc3ccccc3nc2s1. The average molecular weight is 325 g/mol. The summed E-state index contributed by atoms with van der Waals surface area (Å²) < 4.78 is 0. The van der Waals surface area contributed by atoms with Crippen LogP contribution in [0.4, 0.5) is 0 Å². The normalized spacial score (nSPS) is 16.0. The summed E-state index contributed by atoms with van der Waals surface area (Å²) in [6, 6.07) is 12.1. The first-order chi connectivity index (χ1) is 11.3. The lowest BCUT2D eigenvalue weighted by molar-refractivity contribution is 0.0948. The lowest BCUT2D eigenvalue weighted by Crippen LogP contribution is -2.35. The molecule has 4 rings (SSSR count). The molecule has 1 aromatic carbocycles. The van der Waals surface area contributed by atoms with E-state index in [0.29, 0.717) is 5.92 Å². The quantitative estimate of drug-likeness (QED) is 0.777. The van der Waals surface area contributed by atoms with Gasteiger partial charge in [-0.3, -0.25) is 4.79 Å². The van der Waals surface area contributed by atoms with Crippen molar-refractivity contribution < 1.29 is 4.79 Å². The molecule has 3 aromatic rings. The standard InChI is InChI=1S/C18H19N3OS/c22-17(20-11-12-5-7-19-8-6-12)16-10-14-9-13-3-1-2-4-15(13)21-18(14)23-16/h1-4,9-10,12,19H,5-8,11H2,(H,20,22). The van der Waals surface area contributed by atoms with Crippen LogP contribution < -0.4 is 10.6 Å². The number of nitrogens with one attached hydrogen (secondary N) is 2. The van der Waals surface area contributed by atoms with E-state index in [1.54, 1.807) is 0 Å². The van der Waals surface area contributed by atoms with Gasteiger partial charge in [-0.2, -0.15) is 0 Å². The Hall–Kier alpha value is -1.98. The number of rotatable bonds is 3. The molecule has 2 N–H and O–H groups in total. The van der Waals surface area contributed by atoms with Crippen LogP contribution in [-0.2, 0) is 0 Å². The van der Waals surface area contributed by atoms with Crippen molar-refractivity contribution in [1.82, 2.24) is 15.6 Å². The van der Waals surface area contributed by atoms with Gasteiger partial charge in [0.2, 0.25) is 0 Å². The van der Waals surface area contributed by atoms with Gasteiger partial charge in [-0.25, -0.2) is 4.98 Å². The Morgan fingerprint density at radius 2 is 2.04 bits per heavy atom. The van der Waals surface area contributed by atoms with Gasteiger partial charge in [-0.15, -0.1) is 11.3 Å². The zero-order valence-electron chi connectivity index (χ0n) is 12.8. The van der Waals surface area contributed by atoms with Crippen LogP contribution in [0.3, 0.4) is 0 Å². The Balaban J connectivity index is 1.53. The molecule has 1 fully saturated rings. The van der Waals surface area contributed by atoms with Gasteiger partial charge < -0.3 is 10.6 Å². The Labute approximate surface area is 138 Å². The fourth-order valence-corrected chi connectivity index (χ4v) is 4.04. The second kappa shape index (κ2) is 6.26. The van der Waals surface area contributed by atoms with E-state index in [-0.39, 0.29) is 5.91 Å². The van der Waals surface area contributed by atoms with E-state index < -0.39 is 0 Å². The van der Waals surface area contributed by atoms with E-state index >= 15 is 0 Å². The number of aromatic nitrogens is 1. The van der Waals surface area contributed by atoms with Gasteiger partial charge in [0.05, 0.1) is 10.4 Å². The van der Waals surface area contributed by atoms with Gasteiger partial charge in [0, 0.05) is 17.3 Å². The molecule has 0 radical (unpaired) electrons. The minimum atomic E-state index is 0.0237. The van der Waals surface area contributed by atoms with Crippen LogP contribution in [0.5, 0.6) is 0 Å². The van der Waals surface area contributed by atoms with E-state index in [9.17, 15) is 4.79 Å². The molecule has 1 aliphatic heterocycles. The molecule has 0 aliphatic carbocycles. The summed E-state index contributed by atoms with van der Waals surface area (Å²) in [6.45, 7) is 2.88. The van der Waals surface area contributed by atoms with Crippen molar-refractivity contribution in [2.45, 2.75) is 12.8 Å². The number of nitrogens with zero attached hydrogens (tertiary/aromatic N) is 1. The Morgan fingerprint density at radius 3 is 2.91 bits per heavy atom. The van der Waals surface area contributed by atoms with E-state index in [0.717, 1.165) is 58.5 Å². The number of hydrogen-bond acceptors (Lipinski definition) is 4. The highest BCUT2D eigenvalue weighted by Crippen LogP contribution is 2.27. The maximum absolute atomic E-state index is 12.4. The molecule has 1 aliphatic rings. The summed E-state index contributed by atoms with van der Waals surface area (Å²) in [5.74, 6) is 0.617. The molecule has 23 heavy (non-hydrogen) atoms. The summed E-state index contributed by atoms with van der Waals surface area (Å²) in [6.07, 6.45) is 2.28. The first kappa shape index (κ1) is 14.6. The van der Waals surface area contributed by atoms with Gasteiger partial charge >= 0.3 is 0 Å². The number of thiophene rings is 1. The summed E-state index contributed by atoms with van der Waals surface area (Å²) in [5.41, 5.74) is 0.975. The van der Waals surface area contributed by atoms with Crippen LogP contribution in [0.15, 0.2) is 36.4 Å². The first-order valence-electron chi connectivity index (χ1n) is 8.08. The number of fused-ring (bicyclic) bond motifs is 2. The smallest absolute Gasteiger partial charge is 0.261 e. The van der Waals surface area contributed by atoms with Gasteiger partial charge in [0.25, 0.3) is 5.91 Å². The van der Waals surface area contributed by atoms with Crippen LogP contribution in [0.2, 0.25) is 0 Å². The molecular formula is C18H19N3OS. The topological polar surface area (TPSA) is 54.0 Å². The Morgan fingerprint density at radius 1 is 1.22 bits per heavy atom. The van der Waals surface area contributed by atoms with Crippen LogP contribution >= 0.6 is 11.3 Å². The number of hydrogen-bond donors (Lipinski definition) is 2. The summed E-state index contributed by atoms with van der Waals surface area (Å²) in [7, 11) is 0. The molecule has 0 unspecified atom stereocenters. The van der Waals surface area contributed by atoms with Gasteiger partial charge in [0.1, 0.15) is 4.83 Å². The van der Waals surface area contributed by atoms with E-state index in [1.807, 2.05) is 24.3 Å². The maximum atomic E-state index is 12.4. The largest absolute Gasteiger partial charge is 0.351 e. The maximum Gasteiger partial charge on any atom is 0.261 e. The first-order valence-corrected chi connectivity index (χ1v) is 8.89. The minimum absolute atomic E-state index is 0.0237. The van der Waals surface area contributed by atoms with Crippen molar-refractivity contribution >= 4 is 38.4 Å². The Bertz CT molecular complexity index is 799. The number of benzene rings is 1. The van der Waals surface area contributed by atoms with Crippen molar-refractivity contribution in [2.75, 3.05) is 19.6 Å². The molecular weight excluding hydrogens is 306 g/mol. The number of amides is 1. The Kier molecular flexibility index (Phi) is 3.97. The van der Waals surface area contributed by atoms with Crippen molar-refractivity contribution in [3.63, 3.8) is 0 Å². The van der Waals surface area contributed by atoms with Gasteiger partial charge in [-0.05, 0) is 50.0 Å². The third kappa shape index (κ3) is 3.07. The highest BCUT2D eigenvalue weighted by molar-refractivity contribution is 7.20. The summed E-state index contributed by atoms with van der Waals surface area (Å²) in [5, 5.41) is 8.59. The highest BCUT2D eigenvalue weighted by Gasteiger charge is 2.16. The number of para-hydroxylation sites is 1. The van der Waals surface area contributed by atoms with Crippen molar-refractivity contribution in [2.24, 2.45) is 5.92 Å². The van der Waals surface area contributed by atoms with Crippen molar-refractivity contribution in [3.05, 3.63) is 41.3 Å². The van der Waals surface area contributed by atoms with Crippen LogP contribution in [-0.4, -0.2) is 30.5 Å². The van der Waals surface area contributed by atoms with E-state index in [4.69, 9.17) is 0 Å². The zero-order chi connectivity index (χ0) is 15.6. The molecule has 0 bridgehead atoms. The highest BCUT2D eigenvalue weighted by atomic mass is 32.1. The van der Waals surface area contributed by atoms with Crippen molar-refractivity contribution in [3.8, 4) is 0 Å². The van der Waals surface area contributed by atoms with Gasteiger partial charge in [-0.1, -0.05) is 18.2 Å². The number of pyridine rings is 1. The van der Waals surface area contributed by atoms with Crippen LogP contribution in [0, 0.1) is 5.92 Å². The summed E-state index contributed by atoms with van der Waals surface area (Å²) >= 11 is 1.47. The molecule has 1 amide bonds. The predicted molar refractivity (Wildman–Crippen MR) is 95.1 cm³/mol. The second-order valence-corrected chi connectivity index (χ2v) is 7.12. The number of piperidine rings is 1. The molecule has 118 valence electrons. The third-order valence-corrected chi connectivity index (χ3v) is 5.49. The van der Waals surface area contributed by atoms with E-state index in [2.05, 4.69) is 27.8 Å². The molecule has 5 heteroatoms. The fraction of sp³-hybridized carbons (Fsp3) is 0.333. The summed E-state index contributed by atoms with van der Waals surface area (Å²) in [4.78, 5) is 18.7. The molecule has 0 saturated carbocycles. The lowest BCUT2D eigenvalue weighted by Gasteiger charge is -2.22. The fourth-order valence-electron chi connectivity index (χ4n) is 3.10. The molecule has 1 saturated heterocycles. The molecule has 2 aromatic heterocycles. The molecule has 3 heterocycles. The molecule has 0 atom stereocenters. The predicted octanol–water partition coefficient (Wildman–Crippen LogP) is 3.18. The minimum Gasteiger partial charge on any atom is -0.351 e. The molecule has 0 spiro atoms. The van der Waals surface area contributed by atoms with Crippen LogP contribution in [0.1, 0.15) is 22.5 Å².